The summed E-state index contributed by atoms with van der Waals surface area (Å²) in [5, 5.41) is 8.64. The van der Waals surface area contributed by atoms with E-state index >= 15 is 0 Å². The summed E-state index contributed by atoms with van der Waals surface area (Å²) in [5.74, 6) is 0. The van der Waals surface area contributed by atoms with Gasteiger partial charge in [-0.15, -0.1) is 0 Å². The van der Waals surface area contributed by atoms with Gasteiger partial charge in [-0.05, 0) is 0 Å². The van der Waals surface area contributed by atoms with E-state index in [-0.39, 0.29) is 0 Å². The zero-order valence-electron chi connectivity index (χ0n) is 10.2. The van der Waals surface area contributed by atoms with Crippen LogP contribution in [0.5, 0.6) is 0 Å². The first-order valence-corrected chi connectivity index (χ1v) is 8.19. The average Bonchev–Trinajstić information content (AvgIpc) is 2.86. The number of hydrogen-bond acceptors (Lipinski definition) is 0. The van der Waals surface area contributed by atoms with Gasteiger partial charge in [0.2, 0.25) is 0 Å². The number of benzene rings is 4. The maximum atomic E-state index is 2.30. The molecule has 1 heterocycles. The molecule has 0 bridgehead atoms. The minimum absolute atomic E-state index is 0.471. The van der Waals surface area contributed by atoms with Gasteiger partial charge < -0.3 is 0 Å². The van der Waals surface area contributed by atoms with E-state index in [2.05, 4.69) is 60.7 Å². The molecule has 88 valence electrons. The molecule has 5 aromatic rings. The normalized spacial score (nSPS) is 12.2. The molecular formula is C18H10Se. The molecule has 5 rings (SSSR count). The summed E-state index contributed by atoms with van der Waals surface area (Å²) in [6.45, 7) is 0. The van der Waals surface area contributed by atoms with E-state index in [0.717, 1.165) is 0 Å². The molecule has 19 heavy (non-hydrogen) atoms. The Morgan fingerprint density at radius 3 is 1.47 bits per heavy atom. The second kappa shape index (κ2) is 3.39. The van der Waals surface area contributed by atoms with Crippen LogP contribution < -0.4 is 0 Å². The van der Waals surface area contributed by atoms with Gasteiger partial charge in [-0.3, -0.25) is 0 Å². The third kappa shape index (κ3) is 1.15. The van der Waals surface area contributed by atoms with Crippen molar-refractivity contribution in [2.75, 3.05) is 0 Å². The first kappa shape index (κ1) is 10.0. The van der Waals surface area contributed by atoms with Crippen LogP contribution in [0.15, 0.2) is 60.7 Å². The predicted octanol–water partition coefficient (Wildman–Crippen LogP) is 4.79. The number of hydrogen-bond donors (Lipinski definition) is 0. The molecule has 0 amide bonds. The molecule has 0 aliphatic carbocycles. The van der Waals surface area contributed by atoms with Crippen LogP contribution in [0.1, 0.15) is 0 Å². The van der Waals surface area contributed by atoms with E-state index in [1.54, 1.807) is 8.52 Å². The third-order valence-electron chi connectivity index (χ3n) is 4.03. The Balaban J connectivity index is 2.34. The standard InChI is InChI=1S/C18H10Se/c1-2-6-12-11(5-1)13-7-3-9-15-17(13)18-14(12)8-4-10-16(18)19-15/h1-10H. The Bertz CT molecular complexity index is 969. The first-order chi connectivity index (χ1) is 9.43. The van der Waals surface area contributed by atoms with Crippen LogP contribution in [0.4, 0.5) is 0 Å². The molecule has 0 saturated carbocycles. The molecule has 0 fully saturated rings. The Morgan fingerprint density at radius 2 is 0.947 bits per heavy atom. The molecule has 4 aromatic carbocycles. The first-order valence-electron chi connectivity index (χ1n) is 6.47. The van der Waals surface area contributed by atoms with E-state index < -0.39 is 0 Å². The molecule has 1 heteroatoms. The molecule has 0 atom stereocenters. The van der Waals surface area contributed by atoms with E-state index in [1.165, 1.54) is 32.3 Å². The van der Waals surface area contributed by atoms with Crippen molar-refractivity contribution in [3.8, 4) is 0 Å². The van der Waals surface area contributed by atoms with Gasteiger partial charge in [-0.25, -0.2) is 0 Å². The second-order valence-corrected chi connectivity index (χ2v) is 7.28. The number of fused-ring (bicyclic) bond motifs is 3. The molecule has 0 radical (unpaired) electrons. The molecule has 0 aliphatic heterocycles. The fraction of sp³-hybridized carbons (Fsp3) is 0. The topological polar surface area (TPSA) is 0 Å². The molecular weight excluding hydrogens is 295 g/mol. The van der Waals surface area contributed by atoms with Crippen molar-refractivity contribution in [2.24, 2.45) is 0 Å². The predicted molar refractivity (Wildman–Crippen MR) is 84.6 cm³/mol. The van der Waals surface area contributed by atoms with Gasteiger partial charge in [-0.2, -0.15) is 0 Å². The van der Waals surface area contributed by atoms with Crippen molar-refractivity contribution < 1.29 is 0 Å². The van der Waals surface area contributed by atoms with Crippen LogP contribution in [0.2, 0.25) is 0 Å². The van der Waals surface area contributed by atoms with Crippen molar-refractivity contribution in [3.05, 3.63) is 60.7 Å². The summed E-state index contributed by atoms with van der Waals surface area (Å²) in [7, 11) is 0. The van der Waals surface area contributed by atoms with Crippen LogP contribution in [-0.4, -0.2) is 14.5 Å². The van der Waals surface area contributed by atoms with Crippen LogP contribution in [0.25, 0.3) is 40.8 Å². The van der Waals surface area contributed by atoms with Crippen molar-refractivity contribution in [3.63, 3.8) is 0 Å². The van der Waals surface area contributed by atoms with Crippen LogP contribution >= 0.6 is 0 Å². The monoisotopic (exact) mass is 306 g/mol. The van der Waals surface area contributed by atoms with Crippen LogP contribution in [-0.2, 0) is 0 Å². The molecule has 0 spiro atoms. The molecule has 0 unspecified atom stereocenters. The van der Waals surface area contributed by atoms with E-state index in [0.29, 0.717) is 14.5 Å². The molecule has 1 aromatic heterocycles. The van der Waals surface area contributed by atoms with Crippen molar-refractivity contribution >= 4 is 55.3 Å². The minimum atomic E-state index is 0.471. The van der Waals surface area contributed by atoms with Crippen LogP contribution in [0, 0.1) is 0 Å². The summed E-state index contributed by atoms with van der Waals surface area (Å²) >= 11 is 0.471. The number of rotatable bonds is 0. The summed E-state index contributed by atoms with van der Waals surface area (Å²) in [4.78, 5) is 0. The molecule has 0 N–H and O–H groups in total. The summed E-state index contributed by atoms with van der Waals surface area (Å²) < 4.78 is 3.09. The van der Waals surface area contributed by atoms with Crippen molar-refractivity contribution in [1.82, 2.24) is 0 Å². The Hall–Kier alpha value is -1.82. The van der Waals surface area contributed by atoms with Gasteiger partial charge in [0.1, 0.15) is 0 Å². The maximum absolute atomic E-state index is 2.30. The summed E-state index contributed by atoms with van der Waals surface area (Å²) in [5.41, 5.74) is 0. The van der Waals surface area contributed by atoms with Gasteiger partial charge in [0.25, 0.3) is 0 Å². The molecule has 0 saturated heterocycles. The fourth-order valence-corrected chi connectivity index (χ4v) is 5.70. The molecule has 0 nitrogen and oxygen atoms in total. The summed E-state index contributed by atoms with van der Waals surface area (Å²) in [6, 6.07) is 22.4. The molecule has 0 aliphatic rings. The van der Waals surface area contributed by atoms with Gasteiger partial charge in [0.05, 0.1) is 0 Å². The quantitative estimate of drug-likeness (QED) is 0.285. The Kier molecular flexibility index (Phi) is 1.79. The van der Waals surface area contributed by atoms with Gasteiger partial charge >= 0.3 is 116 Å². The Morgan fingerprint density at radius 1 is 0.474 bits per heavy atom. The second-order valence-electron chi connectivity index (χ2n) is 5.01. The van der Waals surface area contributed by atoms with Gasteiger partial charge in [0, 0.05) is 0 Å². The van der Waals surface area contributed by atoms with Gasteiger partial charge in [-0.1, -0.05) is 0 Å². The Labute approximate surface area is 116 Å². The van der Waals surface area contributed by atoms with E-state index in [1.807, 2.05) is 0 Å². The third-order valence-corrected chi connectivity index (χ3v) is 6.38. The zero-order valence-corrected chi connectivity index (χ0v) is 11.9. The fourth-order valence-electron chi connectivity index (χ4n) is 3.27. The van der Waals surface area contributed by atoms with E-state index in [9.17, 15) is 0 Å². The summed E-state index contributed by atoms with van der Waals surface area (Å²) in [6.07, 6.45) is 0. The van der Waals surface area contributed by atoms with Crippen LogP contribution in [0.3, 0.4) is 0 Å². The van der Waals surface area contributed by atoms with Crippen molar-refractivity contribution in [2.45, 2.75) is 0 Å². The van der Waals surface area contributed by atoms with Crippen molar-refractivity contribution in [1.29, 1.82) is 0 Å². The average molecular weight is 305 g/mol. The van der Waals surface area contributed by atoms with E-state index in [4.69, 9.17) is 0 Å². The SMILES string of the molecule is c1ccc2c(c1)c1cccc3[se]c4cccc2c4c31. The van der Waals surface area contributed by atoms with Gasteiger partial charge in [0.15, 0.2) is 0 Å². The zero-order chi connectivity index (χ0) is 12.4.